The van der Waals surface area contributed by atoms with E-state index in [9.17, 15) is 19.0 Å². The van der Waals surface area contributed by atoms with Gasteiger partial charge >= 0.3 is 19.8 Å². The fourth-order valence-corrected chi connectivity index (χ4v) is 12.0. The number of carbonyl (C=O) groups excluding carboxylic acids is 2. The number of hydrogen-bond donors (Lipinski definition) is 1. The fourth-order valence-electron chi connectivity index (χ4n) is 11.3. The van der Waals surface area contributed by atoms with Gasteiger partial charge in [0.15, 0.2) is 6.10 Å². The highest BCUT2D eigenvalue weighted by Crippen LogP contribution is 2.43. The minimum Gasteiger partial charge on any atom is -0.462 e. The summed E-state index contributed by atoms with van der Waals surface area (Å²) >= 11 is 0. The first-order chi connectivity index (χ1) is 46.0. The van der Waals surface area contributed by atoms with Crippen LogP contribution in [0.25, 0.3) is 0 Å². The summed E-state index contributed by atoms with van der Waals surface area (Å²) in [6, 6.07) is 0. The fraction of sp³-hybridized carbons (Fsp3) is 0.762. The van der Waals surface area contributed by atoms with E-state index < -0.39 is 26.5 Å². The van der Waals surface area contributed by atoms with Gasteiger partial charge < -0.3 is 18.9 Å². The van der Waals surface area contributed by atoms with Gasteiger partial charge in [0, 0.05) is 12.8 Å². The lowest BCUT2D eigenvalue weighted by atomic mass is 10.0. The summed E-state index contributed by atoms with van der Waals surface area (Å²) in [6.45, 7) is 4.37. The van der Waals surface area contributed by atoms with Crippen LogP contribution in [0, 0.1) is 0 Å². The SMILES string of the molecule is CC/C=C\C/C=C\C/C=C\C/C=C\C/C=C\C/C=C\C/C=C\C/C=C\C/C=C\CCCCCCCCCCCCCC(=O)OC(COC(=O)CCCCCCCCCCCCCCCCCCCCCCCCCCCCCCCCC)COP(=O)(O)OCC[N+](C)(C)C. The second-order valence-corrected chi connectivity index (χ2v) is 29.2. The molecule has 10 heteroatoms. The quantitative estimate of drug-likeness (QED) is 0.0211. The Bertz CT molecular complexity index is 1960. The molecule has 0 fully saturated rings. The minimum absolute atomic E-state index is 0.0290. The van der Waals surface area contributed by atoms with Gasteiger partial charge in [0.1, 0.15) is 19.8 Å². The van der Waals surface area contributed by atoms with Crippen LogP contribution in [0.2, 0.25) is 0 Å². The maximum Gasteiger partial charge on any atom is 0.472 e. The van der Waals surface area contributed by atoms with Crippen molar-refractivity contribution in [2.45, 2.75) is 367 Å². The summed E-state index contributed by atoms with van der Waals surface area (Å²) in [6.07, 6.45) is 105. The Labute approximate surface area is 582 Å². The van der Waals surface area contributed by atoms with Gasteiger partial charge in [-0.2, -0.15) is 0 Å². The van der Waals surface area contributed by atoms with Gasteiger partial charge in [0.2, 0.25) is 0 Å². The van der Waals surface area contributed by atoms with Crippen LogP contribution in [0.15, 0.2) is 109 Å². The average molecular weight is 1330 g/mol. The van der Waals surface area contributed by atoms with E-state index in [1.165, 1.54) is 225 Å². The molecule has 9 nitrogen and oxygen atoms in total. The van der Waals surface area contributed by atoms with Gasteiger partial charge in [-0.05, 0) is 83.5 Å². The number of phosphoric acid groups is 1. The predicted octanol–water partition coefficient (Wildman–Crippen LogP) is 26.4. The smallest absolute Gasteiger partial charge is 0.462 e. The number of nitrogens with zero attached hydrogens (tertiary/aromatic N) is 1. The number of carbonyl (C=O) groups is 2. The van der Waals surface area contributed by atoms with Crippen LogP contribution >= 0.6 is 7.82 Å². The molecule has 2 atom stereocenters. The molecule has 544 valence electrons. The molecule has 0 spiro atoms. The number of rotatable bonds is 73. The standard InChI is InChI=1S/C84H150NO8P/c1-6-8-10-12-14-16-18-20-22-24-26-28-30-32-34-36-38-39-40-41-42-43-44-45-47-49-51-53-55-57-59-61-63-65-67-69-71-73-75-77-84(87)93-82(81-92-94(88,89)91-79-78-85(3,4)5)80-90-83(86)76-74-72-70-68-66-64-62-60-58-56-54-52-50-48-46-37-35-33-31-29-27-25-23-21-19-17-15-13-11-9-7-2/h8,10,14,16,20,22,26,28,32,34,38-39,41-42,44-45,49,51,82H,6-7,9,11-13,15,17-19,21,23-25,27,29-31,33,35-37,40,43,46-48,50,52-81H2,1-5H3/p+1/b10-8-,16-14-,22-20-,28-26-,34-32-,39-38-,42-41-,45-44-,51-49-. The minimum atomic E-state index is -4.40. The van der Waals surface area contributed by atoms with E-state index in [-0.39, 0.29) is 32.0 Å². The first-order valence-corrected chi connectivity index (χ1v) is 41.1. The predicted molar refractivity (Wildman–Crippen MR) is 408 cm³/mol. The van der Waals surface area contributed by atoms with E-state index >= 15 is 0 Å². The van der Waals surface area contributed by atoms with Crippen molar-refractivity contribution in [2.75, 3.05) is 47.5 Å². The van der Waals surface area contributed by atoms with Gasteiger partial charge in [0.05, 0.1) is 27.7 Å². The van der Waals surface area contributed by atoms with Crippen LogP contribution in [0.3, 0.4) is 0 Å². The third-order valence-corrected chi connectivity index (χ3v) is 18.3. The number of unbranched alkanes of at least 4 members (excludes halogenated alkanes) is 41. The van der Waals surface area contributed by atoms with E-state index in [4.69, 9.17) is 18.5 Å². The lowest BCUT2D eigenvalue weighted by Crippen LogP contribution is -2.37. The Kier molecular flexibility index (Phi) is 71.3. The third kappa shape index (κ3) is 77.7. The average Bonchev–Trinajstić information content (AvgIpc) is 1.56. The number of allylic oxidation sites excluding steroid dienone is 18. The topological polar surface area (TPSA) is 108 Å². The third-order valence-electron chi connectivity index (χ3n) is 17.3. The molecule has 0 aromatic rings. The summed E-state index contributed by atoms with van der Waals surface area (Å²) < 4.78 is 34.8. The van der Waals surface area contributed by atoms with E-state index in [1.807, 2.05) is 21.1 Å². The van der Waals surface area contributed by atoms with Gasteiger partial charge in [-0.3, -0.25) is 18.6 Å². The number of esters is 2. The molecular formula is C84H151NO8P+. The summed E-state index contributed by atoms with van der Waals surface area (Å²) in [5.74, 6) is -0.789. The highest BCUT2D eigenvalue weighted by molar-refractivity contribution is 7.47. The van der Waals surface area contributed by atoms with Gasteiger partial charge in [0.25, 0.3) is 0 Å². The Morgan fingerprint density at radius 1 is 0.340 bits per heavy atom. The molecule has 0 aliphatic rings. The zero-order valence-corrected chi connectivity index (χ0v) is 63.1. The zero-order chi connectivity index (χ0) is 68.3. The largest absolute Gasteiger partial charge is 0.472 e. The van der Waals surface area contributed by atoms with Crippen LogP contribution < -0.4 is 0 Å². The van der Waals surface area contributed by atoms with E-state index in [1.54, 1.807) is 0 Å². The van der Waals surface area contributed by atoms with Crippen LogP contribution in [-0.4, -0.2) is 74.9 Å². The molecule has 0 saturated carbocycles. The lowest BCUT2D eigenvalue weighted by molar-refractivity contribution is -0.870. The van der Waals surface area contributed by atoms with Crippen molar-refractivity contribution in [3.05, 3.63) is 109 Å². The van der Waals surface area contributed by atoms with Crippen molar-refractivity contribution in [1.29, 1.82) is 0 Å². The summed E-state index contributed by atoms with van der Waals surface area (Å²) in [7, 11) is 1.48. The van der Waals surface area contributed by atoms with Crippen molar-refractivity contribution < 1.29 is 42.1 Å². The zero-order valence-electron chi connectivity index (χ0n) is 62.2. The number of likely N-dealkylation sites (N-methyl/N-ethyl adjacent to an activating group) is 1. The number of ether oxygens (including phenoxy) is 2. The molecule has 1 N–H and O–H groups in total. The van der Waals surface area contributed by atoms with Crippen LogP contribution in [0.1, 0.15) is 361 Å². The molecule has 94 heavy (non-hydrogen) atoms. The molecule has 0 amide bonds. The molecule has 0 bridgehead atoms. The van der Waals surface area contributed by atoms with Crippen molar-refractivity contribution in [3.8, 4) is 0 Å². The number of phosphoric ester groups is 1. The Morgan fingerprint density at radius 3 is 0.904 bits per heavy atom. The van der Waals surface area contributed by atoms with Crippen LogP contribution in [-0.2, 0) is 32.7 Å². The molecule has 0 aliphatic carbocycles. The molecule has 2 unspecified atom stereocenters. The maximum absolute atomic E-state index is 12.9. The molecule has 0 saturated heterocycles. The molecule has 0 heterocycles. The molecule has 0 aromatic carbocycles. The molecule has 0 rings (SSSR count). The molecule has 0 aromatic heterocycles. The van der Waals surface area contributed by atoms with Crippen molar-refractivity contribution in [1.82, 2.24) is 0 Å². The Hall–Kier alpha value is -3.33. The Balaban J connectivity index is 4.00. The van der Waals surface area contributed by atoms with Crippen molar-refractivity contribution >= 4 is 19.8 Å². The van der Waals surface area contributed by atoms with Crippen LogP contribution in [0.5, 0.6) is 0 Å². The summed E-state index contributed by atoms with van der Waals surface area (Å²) in [4.78, 5) is 36.0. The van der Waals surface area contributed by atoms with E-state index in [2.05, 4.69) is 123 Å². The van der Waals surface area contributed by atoms with Gasteiger partial charge in [-0.25, -0.2) is 4.57 Å². The number of hydrogen-bond acceptors (Lipinski definition) is 7. The first kappa shape index (κ1) is 90.7. The normalized spacial score (nSPS) is 13.6. The maximum atomic E-state index is 12.9. The second-order valence-electron chi connectivity index (χ2n) is 27.7. The van der Waals surface area contributed by atoms with Crippen LogP contribution in [0.4, 0.5) is 0 Å². The highest BCUT2D eigenvalue weighted by Gasteiger charge is 2.27. The lowest BCUT2D eigenvalue weighted by Gasteiger charge is -2.24. The van der Waals surface area contributed by atoms with Gasteiger partial charge in [-0.1, -0.05) is 374 Å². The Morgan fingerprint density at radius 2 is 0.606 bits per heavy atom. The molecular weight excluding hydrogens is 1180 g/mol. The van der Waals surface area contributed by atoms with E-state index in [0.29, 0.717) is 17.4 Å². The molecule has 0 radical (unpaired) electrons. The highest BCUT2D eigenvalue weighted by atomic mass is 31.2. The number of quaternary nitrogens is 1. The summed E-state index contributed by atoms with van der Waals surface area (Å²) in [5.41, 5.74) is 0. The summed E-state index contributed by atoms with van der Waals surface area (Å²) in [5, 5.41) is 0. The second kappa shape index (κ2) is 73.9. The van der Waals surface area contributed by atoms with Crippen molar-refractivity contribution in [3.63, 3.8) is 0 Å². The molecule has 0 aliphatic heterocycles. The van der Waals surface area contributed by atoms with E-state index in [0.717, 1.165) is 103 Å². The monoisotopic (exact) mass is 1330 g/mol. The van der Waals surface area contributed by atoms with Crippen molar-refractivity contribution in [2.24, 2.45) is 0 Å². The van der Waals surface area contributed by atoms with Gasteiger partial charge in [-0.15, -0.1) is 0 Å². The first-order valence-electron chi connectivity index (χ1n) is 39.6.